The van der Waals surface area contributed by atoms with Gasteiger partial charge in [-0.3, -0.25) is 9.59 Å². The maximum Gasteiger partial charge on any atom is 0.311 e. The van der Waals surface area contributed by atoms with Gasteiger partial charge in [0.05, 0.1) is 19.2 Å². The van der Waals surface area contributed by atoms with Gasteiger partial charge >= 0.3 is 5.97 Å². The van der Waals surface area contributed by atoms with E-state index in [1.165, 1.54) is 12.7 Å². The number of carbonyl (C=O) groups is 2. The van der Waals surface area contributed by atoms with E-state index in [0.717, 1.165) is 16.7 Å². The number of ether oxygens (including phenoxy) is 2. The largest absolute Gasteiger partial charge is 0.495 e. The number of esters is 1. The fourth-order valence-electron chi connectivity index (χ4n) is 2.53. The maximum absolute atomic E-state index is 12.3. The Labute approximate surface area is 154 Å². The Morgan fingerprint density at radius 3 is 2.42 bits per heavy atom. The zero-order valence-corrected chi connectivity index (χ0v) is 15.9. The average Bonchev–Trinajstić information content (AvgIpc) is 2.58. The molecule has 0 fully saturated rings. The quantitative estimate of drug-likeness (QED) is 0.802. The minimum Gasteiger partial charge on any atom is -0.495 e. The smallest absolute Gasteiger partial charge is 0.311 e. The fourth-order valence-corrected chi connectivity index (χ4v) is 2.53. The summed E-state index contributed by atoms with van der Waals surface area (Å²) in [6, 6.07) is 11.3. The molecule has 0 aliphatic rings. The summed E-state index contributed by atoms with van der Waals surface area (Å²) in [5, 5.41) is 2.75. The van der Waals surface area contributed by atoms with Crippen LogP contribution in [0.25, 0.3) is 0 Å². The third kappa shape index (κ3) is 5.09. The van der Waals surface area contributed by atoms with Gasteiger partial charge in [-0.05, 0) is 62.1 Å². The summed E-state index contributed by atoms with van der Waals surface area (Å²) in [6.07, 6.45) is -0.772. The molecule has 138 valence electrons. The van der Waals surface area contributed by atoms with E-state index in [2.05, 4.69) is 5.32 Å². The number of nitrogens with one attached hydrogen (secondary N) is 1. The van der Waals surface area contributed by atoms with E-state index in [4.69, 9.17) is 9.47 Å². The lowest BCUT2D eigenvalue weighted by molar-refractivity contribution is -0.152. The van der Waals surface area contributed by atoms with Crippen LogP contribution in [0.3, 0.4) is 0 Å². The summed E-state index contributed by atoms with van der Waals surface area (Å²) in [4.78, 5) is 24.5. The molecule has 2 aromatic rings. The summed E-state index contributed by atoms with van der Waals surface area (Å²) in [5.41, 5.74) is 4.69. The van der Waals surface area contributed by atoms with Crippen LogP contribution in [0.15, 0.2) is 36.4 Å². The molecule has 0 aliphatic carbocycles. The molecule has 1 atom stereocenters. The molecule has 2 aromatic carbocycles. The van der Waals surface area contributed by atoms with E-state index >= 15 is 0 Å². The second-order valence-corrected chi connectivity index (χ2v) is 6.42. The molecule has 0 spiro atoms. The number of hydrogen-bond donors (Lipinski definition) is 1. The maximum atomic E-state index is 12.3. The van der Waals surface area contributed by atoms with Crippen LogP contribution in [0.1, 0.15) is 29.2 Å². The Hall–Kier alpha value is -2.82. The average molecular weight is 355 g/mol. The standard InChI is InChI=1S/C21H25NO4/c1-13-6-9-19(25-5)18(10-13)22-21(24)16(4)26-20(23)12-17-8-7-14(2)15(3)11-17/h6-11,16H,12H2,1-5H3,(H,22,24)/t16-/m1/s1. The van der Waals surface area contributed by atoms with Crippen LogP contribution in [-0.4, -0.2) is 25.1 Å². The lowest BCUT2D eigenvalue weighted by Gasteiger charge is -2.16. The van der Waals surface area contributed by atoms with Crippen LogP contribution in [0.4, 0.5) is 5.69 Å². The van der Waals surface area contributed by atoms with E-state index in [-0.39, 0.29) is 6.42 Å². The van der Waals surface area contributed by atoms with Crippen LogP contribution in [-0.2, 0) is 20.7 Å². The minimum absolute atomic E-state index is 0.131. The number of anilines is 1. The number of amides is 1. The summed E-state index contributed by atoms with van der Waals surface area (Å²) in [6.45, 7) is 7.48. The Morgan fingerprint density at radius 1 is 1.04 bits per heavy atom. The number of methoxy groups -OCH3 is 1. The zero-order chi connectivity index (χ0) is 19.3. The van der Waals surface area contributed by atoms with E-state index < -0.39 is 18.0 Å². The van der Waals surface area contributed by atoms with Gasteiger partial charge in [0.1, 0.15) is 5.75 Å². The minimum atomic E-state index is -0.903. The number of hydrogen-bond acceptors (Lipinski definition) is 4. The van der Waals surface area contributed by atoms with Gasteiger partial charge in [0, 0.05) is 0 Å². The molecule has 0 unspecified atom stereocenters. The Balaban J connectivity index is 1.97. The molecule has 1 N–H and O–H groups in total. The van der Waals surface area contributed by atoms with Gasteiger partial charge in [-0.2, -0.15) is 0 Å². The van der Waals surface area contributed by atoms with Gasteiger partial charge in [-0.1, -0.05) is 24.3 Å². The Bertz CT molecular complexity index is 814. The molecule has 0 aliphatic heterocycles. The van der Waals surface area contributed by atoms with Crippen LogP contribution in [0.5, 0.6) is 5.75 Å². The van der Waals surface area contributed by atoms with Crippen molar-refractivity contribution >= 4 is 17.6 Å². The zero-order valence-electron chi connectivity index (χ0n) is 15.9. The normalized spacial score (nSPS) is 11.6. The molecule has 0 radical (unpaired) electrons. The van der Waals surface area contributed by atoms with Gasteiger partial charge in [-0.25, -0.2) is 0 Å². The van der Waals surface area contributed by atoms with Gasteiger partial charge in [-0.15, -0.1) is 0 Å². The summed E-state index contributed by atoms with van der Waals surface area (Å²) in [5.74, 6) is -0.285. The molecular formula is C21H25NO4. The van der Waals surface area contributed by atoms with Crippen molar-refractivity contribution in [2.75, 3.05) is 12.4 Å². The second kappa shape index (κ2) is 8.52. The summed E-state index contributed by atoms with van der Waals surface area (Å²) in [7, 11) is 1.54. The van der Waals surface area contributed by atoms with Crippen LogP contribution >= 0.6 is 0 Å². The molecule has 0 saturated heterocycles. The number of carbonyl (C=O) groups excluding carboxylic acids is 2. The van der Waals surface area contributed by atoms with Crippen LogP contribution in [0, 0.1) is 20.8 Å². The fraction of sp³-hybridized carbons (Fsp3) is 0.333. The highest BCUT2D eigenvalue weighted by atomic mass is 16.5. The van der Waals surface area contributed by atoms with E-state index in [0.29, 0.717) is 11.4 Å². The summed E-state index contributed by atoms with van der Waals surface area (Å²) >= 11 is 0. The molecule has 26 heavy (non-hydrogen) atoms. The van der Waals surface area contributed by atoms with Crippen molar-refractivity contribution in [1.29, 1.82) is 0 Å². The third-order valence-corrected chi connectivity index (χ3v) is 4.21. The number of aryl methyl sites for hydroxylation is 3. The number of benzene rings is 2. The first-order valence-corrected chi connectivity index (χ1v) is 8.51. The Kier molecular flexibility index (Phi) is 6.39. The van der Waals surface area contributed by atoms with Gasteiger partial charge in [0.2, 0.25) is 0 Å². The van der Waals surface area contributed by atoms with Crippen molar-refractivity contribution in [3.63, 3.8) is 0 Å². The molecule has 0 bridgehead atoms. The predicted octanol–water partition coefficient (Wildman–Crippen LogP) is 3.73. The third-order valence-electron chi connectivity index (χ3n) is 4.21. The van der Waals surface area contributed by atoms with E-state index in [9.17, 15) is 9.59 Å². The van der Waals surface area contributed by atoms with Crippen molar-refractivity contribution < 1.29 is 19.1 Å². The second-order valence-electron chi connectivity index (χ2n) is 6.42. The van der Waals surface area contributed by atoms with Gasteiger partial charge in [0.25, 0.3) is 5.91 Å². The number of rotatable bonds is 6. The van der Waals surface area contributed by atoms with Crippen molar-refractivity contribution in [2.45, 2.75) is 40.2 Å². The first-order chi connectivity index (χ1) is 12.3. The van der Waals surface area contributed by atoms with Gasteiger partial charge < -0.3 is 14.8 Å². The van der Waals surface area contributed by atoms with Crippen LogP contribution in [0.2, 0.25) is 0 Å². The Morgan fingerprint density at radius 2 is 1.77 bits per heavy atom. The molecule has 0 heterocycles. The van der Waals surface area contributed by atoms with Crippen LogP contribution < -0.4 is 10.1 Å². The topological polar surface area (TPSA) is 64.6 Å². The predicted molar refractivity (Wildman–Crippen MR) is 102 cm³/mol. The highest BCUT2D eigenvalue weighted by molar-refractivity contribution is 5.96. The molecule has 2 rings (SSSR count). The van der Waals surface area contributed by atoms with Gasteiger partial charge in [0.15, 0.2) is 6.10 Å². The first kappa shape index (κ1) is 19.5. The van der Waals surface area contributed by atoms with E-state index in [1.807, 2.05) is 45.0 Å². The lowest BCUT2D eigenvalue weighted by atomic mass is 10.0. The SMILES string of the molecule is COc1ccc(C)cc1NC(=O)[C@@H](C)OC(=O)Cc1ccc(C)c(C)c1. The molecule has 5 nitrogen and oxygen atoms in total. The van der Waals surface area contributed by atoms with Crippen molar-refractivity contribution in [2.24, 2.45) is 0 Å². The molecule has 1 amide bonds. The van der Waals surface area contributed by atoms with Crippen molar-refractivity contribution in [1.82, 2.24) is 0 Å². The van der Waals surface area contributed by atoms with E-state index in [1.54, 1.807) is 19.1 Å². The highest BCUT2D eigenvalue weighted by Gasteiger charge is 2.19. The molecular weight excluding hydrogens is 330 g/mol. The lowest BCUT2D eigenvalue weighted by Crippen LogP contribution is -2.30. The molecule has 0 aromatic heterocycles. The molecule has 5 heteroatoms. The molecule has 0 saturated carbocycles. The monoisotopic (exact) mass is 355 g/mol. The van der Waals surface area contributed by atoms with Crippen molar-refractivity contribution in [3.8, 4) is 5.75 Å². The first-order valence-electron chi connectivity index (χ1n) is 8.51. The van der Waals surface area contributed by atoms with Crippen molar-refractivity contribution in [3.05, 3.63) is 58.7 Å². The highest BCUT2D eigenvalue weighted by Crippen LogP contribution is 2.25. The summed E-state index contributed by atoms with van der Waals surface area (Å²) < 4.78 is 10.5.